The summed E-state index contributed by atoms with van der Waals surface area (Å²) >= 11 is 6.05. The van der Waals surface area contributed by atoms with Gasteiger partial charge in [0.2, 0.25) is 5.91 Å². The van der Waals surface area contributed by atoms with Crippen LogP contribution in [0.25, 0.3) is 0 Å². The number of carbonyl (C=O) groups is 2. The average Bonchev–Trinajstić information content (AvgIpc) is 3.23. The number of amides is 2. The second kappa shape index (κ2) is 9.96. The first-order valence-corrected chi connectivity index (χ1v) is 10.1. The van der Waals surface area contributed by atoms with Crippen molar-refractivity contribution >= 4 is 23.4 Å². The zero-order chi connectivity index (χ0) is 22.5. The lowest BCUT2D eigenvalue weighted by Crippen LogP contribution is -2.46. The van der Waals surface area contributed by atoms with E-state index in [2.05, 4.69) is 4.74 Å². The highest BCUT2D eigenvalue weighted by atomic mass is 35.5. The van der Waals surface area contributed by atoms with Gasteiger partial charge in [-0.15, -0.1) is 0 Å². The minimum atomic E-state index is -2.89. The molecule has 166 valence electrons. The third-order valence-corrected chi connectivity index (χ3v) is 5.37. The van der Waals surface area contributed by atoms with Gasteiger partial charge in [-0.3, -0.25) is 9.59 Å². The number of alkyl halides is 2. The van der Waals surface area contributed by atoms with Crippen LogP contribution < -0.4 is 9.47 Å². The van der Waals surface area contributed by atoms with Crippen molar-refractivity contribution in [1.29, 1.82) is 0 Å². The number of ether oxygens (including phenoxy) is 2. The Hall–Kier alpha value is -2.87. The third kappa shape index (κ3) is 5.44. The normalized spacial score (nSPS) is 15.8. The molecule has 0 aliphatic carbocycles. The molecule has 0 spiro atoms. The molecule has 9 heteroatoms. The standard InChI is InChI=1S/C22H23ClF2N2O4/c1-26(13-14-5-8-16(9-6-14)31-22(24)25)21(29)18-4-3-11-27(18)20(28)17-12-15(23)7-10-19(17)30-2/h5-10,12,18,22H,3-4,11,13H2,1-2H3/t18-/m1/s1. The lowest BCUT2D eigenvalue weighted by atomic mass is 10.1. The highest BCUT2D eigenvalue weighted by Crippen LogP contribution is 2.28. The molecular weight excluding hydrogens is 430 g/mol. The number of hydrogen-bond acceptors (Lipinski definition) is 4. The lowest BCUT2D eigenvalue weighted by molar-refractivity contribution is -0.134. The fourth-order valence-electron chi connectivity index (χ4n) is 3.65. The summed E-state index contributed by atoms with van der Waals surface area (Å²) in [6.07, 6.45) is 1.26. The molecule has 6 nitrogen and oxygen atoms in total. The summed E-state index contributed by atoms with van der Waals surface area (Å²) in [5.41, 5.74) is 1.07. The van der Waals surface area contributed by atoms with Gasteiger partial charge in [0.25, 0.3) is 5.91 Å². The van der Waals surface area contributed by atoms with Crippen molar-refractivity contribution in [3.05, 3.63) is 58.6 Å². The zero-order valence-electron chi connectivity index (χ0n) is 17.2. The number of likely N-dealkylation sites (N-methyl/N-ethyl adjacent to an activating group) is 1. The third-order valence-electron chi connectivity index (χ3n) is 5.14. The number of hydrogen-bond donors (Lipinski definition) is 0. The fraction of sp³-hybridized carbons (Fsp3) is 0.364. The zero-order valence-corrected chi connectivity index (χ0v) is 17.9. The van der Waals surface area contributed by atoms with Crippen LogP contribution in [0.15, 0.2) is 42.5 Å². The van der Waals surface area contributed by atoms with E-state index >= 15 is 0 Å². The van der Waals surface area contributed by atoms with Gasteiger partial charge in [0.05, 0.1) is 12.7 Å². The molecule has 0 unspecified atom stereocenters. The van der Waals surface area contributed by atoms with Crippen LogP contribution in [0.5, 0.6) is 11.5 Å². The number of halogens is 3. The summed E-state index contributed by atoms with van der Waals surface area (Å²) in [6.45, 7) is -2.16. The number of carbonyl (C=O) groups excluding carboxylic acids is 2. The first-order chi connectivity index (χ1) is 14.8. The number of benzene rings is 2. The predicted molar refractivity (Wildman–Crippen MR) is 112 cm³/mol. The summed E-state index contributed by atoms with van der Waals surface area (Å²) in [5.74, 6) is -0.0559. The number of methoxy groups -OCH3 is 1. The van der Waals surface area contributed by atoms with Gasteiger partial charge in [-0.2, -0.15) is 8.78 Å². The fourth-order valence-corrected chi connectivity index (χ4v) is 3.82. The lowest BCUT2D eigenvalue weighted by Gasteiger charge is -2.28. The maximum atomic E-state index is 13.1. The minimum Gasteiger partial charge on any atom is -0.496 e. The number of rotatable bonds is 7. The van der Waals surface area contributed by atoms with E-state index in [0.29, 0.717) is 35.7 Å². The highest BCUT2D eigenvalue weighted by molar-refractivity contribution is 6.31. The minimum absolute atomic E-state index is 0.0516. The van der Waals surface area contributed by atoms with E-state index in [0.717, 1.165) is 5.56 Å². The largest absolute Gasteiger partial charge is 0.496 e. The first-order valence-electron chi connectivity index (χ1n) is 9.73. The van der Waals surface area contributed by atoms with Crippen LogP contribution >= 0.6 is 11.6 Å². The molecule has 1 aliphatic heterocycles. The molecule has 3 rings (SSSR count). The summed E-state index contributed by atoms with van der Waals surface area (Å²) in [5, 5.41) is 0.405. The average molecular weight is 453 g/mol. The van der Waals surface area contributed by atoms with E-state index in [4.69, 9.17) is 16.3 Å². The van der Waals surface area contributed by atoms with Gasteiger partial charge in [0.15, 0.2) is 0 Å². The Morgan fingerprint density at radius 2 is 1.94 bits per heavy atom. The van der Waals surface area contributed by atoms with Crippen LogP contribution in [0.3, 0.4) is 0 Å². The van der Waals surface area contributed by atoms with Crippen LogP contribution in [0.1, 0.15) is 28.8 Å². The van der Waals surface area contributed by atoms with Gasteiger partial charge in [-0.1, -0.05) is 23.7 Å². The molecule has 0 bridgehead atoms. The van der Waals surface area contributed by atoms with Gasteiger partial charge < -0.3 is 19.3 Å². The summed E-state index contributed by atoms with van der Waals surface area (Å²) in [6, 6.07) is 10.3. The molecule has 1 aliphatic rings. The smallest absolute Gasteiger partial charge is 0.387 e. The molecule has 1 atom stereocenters. The summed E-state index contributed by atoms with van der Waals surface area (Å²) < 4.78 is 34.2. The molecule has 1 fully saturated rings. The summed E-state index contributed by atoms with van der Waals surface area (Å²) in [7, 11) is 3.12. The van der Waals surface area contributed by atoms with E-state index < -0.39 is 12.7 Å². The molecule has 1 saturated heterocycles. The van der Waals surface area contributed by atoms with Crippen LogP contribution in [0, 0.1) is 0 Å². The van der Waals surface area contributed by atoms with Gasteiger partial charge in [0, 0.05) is 25.2 Å². The second-order valence-corrected chi connectivity index (χ2v) is 7.65. The summed E-state index contributed by atoms with van der Waals surface area (Å²) in [4.78, 5) is 29.3. The maximum Gasteiger partial charge on any atom is 0.387 e. The van der Waals surface area contributed by atoms with Crippen molar-refractivity contribution in [2.45, 2.75) is 32.0 Å². The molecule has 0 radical (unpaired) electrons. The van der Waals surface area contributed by atoms with E-state index in [1.54, 1.807) is 36.2 Å². The van der Waals surface area contributed by atoms with Crippen molar-refractivity contribution in [1.82, 2.24) is 9.80 Å². The Balaban J connectivity index is 1.70. The molecule has 2 aromatic rings. The maximum absolute atomic E-state index is 13.1. The monoisotopic (exact) mass is 452 g/mol. The van der Waals surface area contributed by atoms with Crippen molar-refractivity contribution in [3.63, 3.8) is 0 Å². The van der Waals surface area contributed by atoms with Gasteiger partial charge in [0.1, 0.15) is 17.5 Å². The topological polar surface area (TPSA) is 59.1 Å². The Morgan fingerprint density at radius 3 is 2.58 bits per heavy atom. The second-order valence-electron chi connectivity index (χ2n) is 7.22. The highest BCUT2D eigenvalue weighted by Gasteiger charge is 2.37. The SMILES string of the molecule is COc1ccc(Cl)cc1C(=O)N1CCC[C@@H]1C(=O)N(C)Cc1ccc(OC(F)F)cc1. The molecule has 0 N–H and O–H groups in total. The Kier molecular flexibility index (Phi) is 7.33. The molecule has 31 heavy (non-hydrogen) atoms. The van der Waals surface area contributed by atoms with Gasteiger partial charge >= 0.3 is 6.61 Å². The van der Waals surface area contributed by atoms with Crippen molar-refractivity contribution in [3.8, 4) is 11.5 Å². The Bertz CT molecular complexity index is 940. The van der Waals surface area contributed by atoms with E-state index in [1.165, 1.54) is 30.2 Å². The van der Waals surface area contributed by atoms with E-state index in [9.17, 15) is 18.4 Å². The molecule has 2 amide bonds. The van der Waals surface area contributed by atoms with Gasteiger partial charge in [-0.05, 0) is 48.7 Å². The van der Waals surface area contributed by atoms with Crippen LogP contribution in [-0.4, -0.2) is 55.0 Å². The molecule has 1 heterocycles. The number of nitrogens with zero attached hydrogens (tertiary/aromatic N) is 2. The first kappa shape index (κ1) is 22.8. The van der Waals surface area contributed by atoms with E-state index in [1.807, 2.05) is 0 Å². The molecule has 0 saturated carbocycles. The molecule has 0 aromatic heterocycles. The van der Waals surface area contributed by atoms with Crippen LogP contribution in [0.2, 0.25) is 5.02 Å². The van der Waals surface area contributed by atoms with Crippen molar-refractivity contribution in [2.75, 3.05) is 20.7 Å². The molecular formula is C22H23ClF2N2O4. The van der Waals surface area contributed by atoms with Crippen molar-refractivity contribution < 1.29 is 27.8 Å². The van der Waals surface area contributed by atoms with E-state index in [-0.39, 0.29) is 24.1 Å². The van der Waals surface area contributed by atoms with Crippen LogP contribution in [0.4, 0.5) is 8.78 Å². The number of likely N-dealkylation sites (tertiary alicyclic amines) is 1. The van der Waals surface area contributed by atoms with Crippen LogP contribution in [-0.2, 0) is 11.3 Å². The molecule has 2 aromatic carbocycles. The van der Waals surface area contributed by atoms with Crippen molar-refractivity contribution in [2.24, 2.45) is 0 Å². The quantitative estimate of drug-likeness (QED) is 0.631. The predicted octanol–water partition coefficient (Wildman–Crippen LogP) is 4.21. The Labute approximate surface area is 184 Å². The van der Waals surface area contributed by atoms with Gasteiger partial charge in [-0.25, -0.2) is 0 Å². The Morgan fingerprint density at radius 1 is 1.23 bits per heavy atom.